The highest BCUT2D eigenvalue weighted by atomic mass is 79.9. The number of halogens is 4. The Hall–Kier alpha value is -4.17. The van der Waals surface area contributed by atoms with Gasteiger partial charge in [-0.1, -0.05) is 31.9 Å². The summed E-state index contributed by atoms with van der Waals surface area (Å²) in [6.07, 6.45) is 0.183. The van der Waals surface area contributed by atoms with Gasteiger partial charge in [-0.15, -0.1) is 0 Å². The van der Waals surface area contributed by atoms with Gasteiger partial charge in [0.15, 0.2) is 35.7 Å². The highest BCUT2D eigenvalue weighted by molar-refractivity contribution is 9.10. The number of aldehydes is 1. The SMILES string of the molecule is COC(=O)c1ccc(Oc2ccc(Br)c(C3OCCO3)c2)c(F)c1.COC(=O)c1ccc(Oc2ccc(Br)c(C=O)c2)c(F)c1. The normalized spacial score (nSPS) is 12.5. The quantitative estimate of drug-likeness (QED) is 0.130. The van der Waals surface area contributed by atoms with Crippen molar-refractivity contribution in [3.63, 3.8) is 0 Å². The highest BCUT2D eigenvalue weighted by Crippen LogP contribution is 2.35. The number of ether oxygens (including phenoxy) is 6. The van der Waals surface area contributed by atoms with Crippen molar-refractivity contribution in [3.05, 3.63) is 116 Å². The number of rotatable bonds is 8. The molecule has 0 unspecified atom stereocenters. The van der Waals surface area contributed by atoms with Crippen molar-refractivity contribution in [1.82, 2.24) is 0 Å². The number of methoxy groups -OCH3 is 2. The third-order valence-electron chi connectivity index (χ3n) is 6.10. The predicted octanol–water partition coefficient (Wildman–Crippen LogP) is 8.19. The van der Waals surface area contributed by atoms with E-state index < -0.39 is 29.9 Å². The molecule has 45 heavy (non-hydrogen) atoms. The van der Waals surface area contributed by atoms with Crippen molar-refractivity contribution >= 4 is 50.1 Å². The number of hydrogen-bond acceptors (Lipinski definition) is 9. The topological polar surface area (TPSA) is 107 Å². The minimum absolute atomic E-state index is 0.00387. The monoisotopic (exact) mass is 748 g/mol. The van der Waals surface area contributed by atoms with Crippen LogP contribution in [0.25, 0.3) is 0 Å². The number of esters is 2. The van der Waals surface area contributed by atoms with Crippen molar-refractivity contribution in [2.45, 2.75) is 6.29 Å². The summed E-state index contributed by atoms with van der Waals surface area (Å²) >= 11 is 6.64. The van der Waals surface area contributed by atoms with E-state index in [0.717, 1.165) is 22.2 Å². The molecule has 0 atom stereocenters. The Morgan fingerprint density at radius 3 is 1.69 bits per heavy atom. The first kappa shape index (κ1) is 33.7. The molecule has 234 valence electrons. The van der Waals surface area contributed by atoms with E-state index in [1.807, 2.05) is 0 Å². The summed E-state index contributed by atoms with van der Waals surface area (Å²) in [6, 6.07) is 17.5. The van der Waals surface area contributed by atoms with Gasteiger partial charge in [0, 0.05) is 20.1 Å². The summed E-state index contributed by atoms with van der Waals surface area (Å²) in [5.74, 6) is -1.91. The van der Waals surface area contributed by atoms with Gasteiger partial charge in [0.2, 0.25) is 0 Å². The number of hydrogen-bond donors (Lipinski definition) is 0. The average molecular weight is 750 g/mol. The molecule has 0 amide bonds. The molecule has 1 aliphatic rings. The second-order valence-corrected chi connectivity index (χ2v) is 10.7. The molecule has 0 N–H and O–H groups in total. The fourth-order valence-electron chi connectivity index (χ4n) is 3.89. The average Bonchev–Trinajstić information content (AvgIpc) is 3.59. The van der Waals surface area contributed by atoms with Crippen LogP contribution in [0.2, 0.25) is 0 Å². The van der Waals surface area contributed by atoms with Crippen LogP contribution >= 0.6 is 31.9 Å². The maximum Gasteiger partial charge on any atom is 0.337 e. The molecule has 1 saturated heterocycles. The van der Waals surface area contributed by atoms with Crippen LogP contribution in [0, 0.1) is 11.6 Å². The first-order valence-corrected chi connectivity index (χ1v) is 14.6. The molecule has 0 radical (unpaired) electrons. The molecule has 1 heterocycles. The minimum atomic E-state index is -0.700. The molecule has 0 bridgehead atoms. The zero-order chi connectivity index (χ0) is 32.5. The van der Waals surface area contributed by atoms with Crippen LogP contribution < -0.4 is 9.47 Å². The smallest absolute Gasteiger partial charge is 0.337 e. The van der Waals surface area contributed by atoms with Crippen LogP contribution in [0.15, 0.2) is 81.7 Å². The molecule has 4 aromatic rings. The molecule has 1 fully saturated rings. The van der Waals surface area contributed by atoms with E-state index in [9.17, 15) is 23.2 Å². The van der Waals surface area contributed by atoms with E-state index in [1.165, 1.54) is 44.6 Å². The summed E-state index contributed by atoms with van der Waals surface area (Å²) in [4.78, 5) is 33.5. The van der Waals surface area contributed by atoms with E-state index in [4.69, 9.17) is 18.9 Å². The van der Waals surface area contributed by atoms with E-state index in [0.29, 0.717) is 41.0 Å². The number of benzene rings is 4. The van der Waals surface area contributed by atoms with Crippen molar-refractivity contribution < 1.29 is 51.6 Å². The fraction of sp³-hybridized carbons (Fsp3) is 0.156. The molecule has 0 saturated carbocycles. The lowest BCUT2D eigenvalue weighted by Crippen LogP contribution is -2.02. The minimum Gasteiger partial charge on any atom is -0.465 e. The molecule has 9 nitrogen and oxygen atoms in total. The van der Waals surface area contributed by atoms with Gasteiger partial charge in [-0.3, -0.25) is 4.79 Å². The lowest BCUT2D eigenvalue weighted by molar-refractivity contribution is -0.0447. The third-order valence-corrected chi connectivity index (χ3v) is 7.54. The summed E-state index contributed by atoms with van der Waals surface area (Å²) in [5, 5.41) is 0. The van der Waals surface area contributed by atoms with Gasteiger partial charge >= 0.3 is 11.9 Å². The van der Waals surface area contributed by atoms with Crippen molar-refractivity contribution in [3.8, 4) is 23.0 Å². The Bertz CT molecular complexity index is 1710. The molecule has 0 aromatic heterocycles. The first-order chi connectivity index (χ1) is 21.6. The maximum atomic E-state index is 14.1. The lowest BCUT2D eigenvalue weighted by atomic mass is 10.2. The Morgan fingerprint density at radius 1 is 0.733 bits per heavy atom. The molecular formula is C32H24Br2F2O9. The third kappa shape index (κ3) is 8.72. The van der Waals surface area contributed by atoms with Gasteiger partial charge in [-0.2, -0.15) is 0 Å². The standard InChI is InChI=1S/C17H14BrFO5.C15H10BrFO4/c1-21-16(20)10-2-5-15(14(19)8-10)24-11-3-4-13(18)12(9-11)17-22-6-7-23-17;1-20-15(19)9-2-5-14(13(17)7-9)21-11-3-4-12(16)10(6-11)8-18/h2-5,8-9,17H,6-7H2,1H3;2-8H,1H3. The molecule has 0 spiro atoms. The largest absolute Gasteiger partial charge is 0.465 e. The Balaban J connectivity index is 0.000000207. The van der Waals surface area contributed by atoms with Crippen molar-refractivity contribution in [1.29, 1.82) is 0 Å². The summed E-state index contributed by atoms with van der Waals surface area (Å²) < 4.78 is 60.4. The van der Waals surface area contributed by atoms with Crippen LogP contribution in [0.1, 0.15) is 42.9 Å². The van der Waals surface area contributed by atoms with E-state index in [2.05, 4.69) is 41.3 Å². The fourth-order valence-corrected chi connectivity index (χ4v) is 4.66. The molecule has 0 aliphatic carbocycles. The van der Waals surface area contributed by atoms with Gasteiger partial charge in [0.25, 0.3) is 0 Å². The Morgan fingerprint density at radius 2 is 1.22 bits per heavy atom. The zero-order valence-electron chi connectivity index (χ0n) is 23.7. The molecule has 4 aromatic carbocycles. The van der Waals surface area contributed by atoms with Gasteiger partial charge in [-0.05, 0) is 72.8 Å². The summed E-state index contributed by atoms with van der Waals surface area (Å²) in [6.45, 7) is 1.04. The summed E-state index contributed by atoms with van der Waals surface area (Å²) in [5.41, 5.74) is 1.36. The molecule has 5 rings (SSSR count). The van der Waals surface area contributed by atoms with E-state index in [1.54, 1.807) is 30.3 Å². The van der Waals surface area contributed by atoms with Crippen molar-refractivity contribution in [2.24, 2.45) is 0 Å². The van der Waals surface area contributed by atoms with Crippen molar-refractivity contribution in [2.75, 3.05) is 27.4 Å². The molecule has 13 heteroatoms. The molecule has 1 aliphatic heterocycles. The highest BCUT2D eigenvalue weighted by Gasteiger charge is 2.22. The summed E-state index contributed by atoms with van der Waals surface area (Å²) in [7, 11) is 2.45. The lowest BCUT2D eigenvalue weighted by Gasteiger charge is -2.14. The Labute approximate surface area is 273 Å². The molecular weight excluding hydrogens is 726 g/mol. The maximum absolute atomic E-state index is 14.1. The van der Waals surface area contributed by atoms with Crippen LogP contribution in [0.5, 0.6) is 23.0 Å². The van der Waals surface area contributed by atoms with Gasteiger partial charge in [-0.25, -0.2) is 18.4 Å². The second-order valence-electron chi connectivity index (χ2n) is 9.04. The predicted molar refractivity (Wildman–Crippen MR) is 164 cm³/mol. The number of carbonyl (C=O) groups is 3. The van der Waals surface area contributed by atoms with Crippen LogP contribution in [0.4, 0.5) is 8.78 Å². The van der Waals surface area contributed by atoms with Gasteiger partial charge in [0.1, 0.15) is 11.5 Å². The van der Waals surface area contributed by atoms with Crippen LogP contribution in [0.3, 0.4) is 0 Å². The zero-order valence-corrected chi connectivity index (χ0v) is 26.9. The number of carbonyl (C=O) groups excluding carboxylic acids is 3. The second kappa shape index (κ2) is 15.7. The van der Waals surface area contributed by atoms with Crippen LogP contribution in [-0.2, 0) is 18.9 Å². The Kier molecular flexibility index (Phi) is 11.8. The van der Waals surface area contributed by atoms with E-state index >= 15 is 0 Å². The first-order valence-electron chi connectivity index (χ1n) is 13.0. The van der Waals surface area contributed by atoms with Gasteiger partial charge in [0.05, 0.1) is 38.6 Å². The van der Waals surface area contributed by atoms with E-state index in [-0.39, 0.29) is 22.6 Å². The van der Waals surface area contributed by atoms with Gasteiger partial charge < -0.3 is 28.4 Å². The van der Waals surface area contributed by atoms with Crippen LogP contribution in [-0.4, -0.2) is 45.7 Å².